The molecule has 0 saturated carbocycles. The van der Waals surface area contributed by atoms with Gasteiger partial charge in [0.2, 0.25) is 0 Å². The number of carbonyl (C=O) groups is 1. The van der Waals surface area contributed by atoms with Gasteiger partial charge in [-0.3, -0.25) is 0 Å². The molecule has 1 aromatic rings. The molecule has 6 heteroatoms. The van der Waals surface area contributed by atoms with Crippen LogP contribution < -0.4 is 4.90 Å². The van der Waals surface area contributed by atoms with E-state index in [2.05, 4.69) is 4.99 Å². The quantitative estimate of drug-likeness (QED) is 0.919. The van der Waals surface area contributed by atoms with E-state index in [1.54, 1.807) is 6.92 Å². The molecule has 0 aliphatic carbocycles. The number of hydrogen-bond acceptors (Lipinski definition) is 4. The number of nitrogens with zero attached hydrogens (tertiary/aromatic N) is 2. The van der Waals surface area contributed by atoms with Crippen molar-refractivity contribution in [2.45, 2.75) is 13.0 Å². The molecule has 5 nitrogen and oxygen atoms in total. The molecule has 2 rings (SSSR count). The zero-order valence-electron chi connectivity index (χ0n) is 10.7. The van der Waals surface area contributed by atoms with Gasteiger partial charge in [0.05, 0.1) is 19.3 Å². The van der Waals surface area contributed by atoms with Crippen molar-refractivity contribution >= 4 is 28.7 Å². The number of para-hydroxylation sites is 1. The Balaban J connectivity index is 2.26. The summed E-state index contributed by atoms with van der Waals surface area (Å²) in [4.78, 5) is 17.3. The van der Waals surface area contributed by atoms with Gasteiger partial charge in [0.1, 0.15) is 0 Å². The van der Waals surface area contributed by atoms with Crippen molar-refractivity contribution in [1.29, 1.82) is 0 Å². The summed E-state index contributed by atoms with van der Waals surface area (Å²) in [6.45, 7) is 2.06. The number of hydrogen-bond donors (Lipinski definition) is 1. The van der Waals surface area contributed by atoms with E-state index in [0.717, 1.165) is 5.69 Å². The summed E-state index contributed by atoms with van der Waals surface area (Å²) in [5.41, 5.74) is 0.912. The first-order chi connectivity index (χ1) is 9.26. The molecule has 1 atom stereocenters. The third-order valence-electron chi connectivity index (χ3n) is 2.68. The monoisotopic (exact) mass is 280 g/mol. The van der Waals surface area contributed by atoms with Crippen LogP contribution in [0.15, 0.2) is 35.3 Å². The summed E-state index contributed by atoms with van der Waals surface area (Å²) in [6.07, 6.45) is -0.593. The molecule has 0 spiro atoms. The lowest BCUT2D eigenvalue weighted by atomic mass is 10.2. The standard InChI is InChI=1S/C13H16N2O3S/c1-2-18-13(17)14-12-15(11(8-16)9-19-12)10-6-4-3-5-7-10/h3-7,11,16H,2,8-9H2,1H3. The number of aliphatic hydroxyl groups excluding tert-OH is 1. The Hall–Kier alpha value is -1.53. The minimum atomic E-state index is -0.593. The molecule has 0 aromatic heterocycles. The molecule has 1 aromatic carbocycles. The molecule has 0 bridgehead atoms. The van der Waals surface area contributed by atoms with Gasteiger partial charge in [-0.2, -0.15) is 4.99 Å². The number of rotatable bonds is 3. The van der Waals surface area contributed by atoms with E-state index < -0.39 is 6.09 Å². The molecule has 1 N–H and O–H groups in total. The number of thioether (sulfide) groups is 1. The lowest BCUT2D eigenvalue weighted by Crippen LogP contribution is -2.36. The van der Waals surface area contributed by atoms with E-state index in [1.165, 1.54) is 11.8 Å². The number of aliphatic imine (C=N–C) groups is 1. The maximum atomic E-state index is 11.5. The number of ether oxygens (including phenoxy) is 1. The number of amidine groups is 1. The van der Waals surface area contributed by atoms with Crippen LogP contribution in [0.2, 0.25) is 0 Å². The van der Waals surface area contributed by atoms with E-state index in [1.807, 2.05) is 35.2 Å². The van der Waals surface area contributed by atoms with Crippen molar-refractivity contribution in [2.75, 3.05) is 23.9 Å². The van der Waals surface area contributed by atoms with Gasteiger partial charge in [0.25, 0.3) is 0 Å². The third-order valence-corrected chi connectivity index (χ3v) is 3.77. The Bertz CT molecular complexity index is 464. The van der Waals surface area contributed by atoms with Crippen molar-refractivity contribution in [3.05, 3.63) is 30.3 Å². The van der Waals surface area contributed by atoms with Gasteiger partial charge in [0, 0.05) is 11.4 Å². The summed E-state index contributed by atoms with van der Waals surface area (Å²) >= 11 is 1.45. The van der Waals surface area contributed by atoms with Crippen LogP contribution in [0.3, 0.4) is 0 Å². The van der Waals surface area contributed by atoms with Gasteiger partial charge in [-0.05, 0) is 19.1 Å². The first-order valence-corrected chi connectivity index (χ1v) is 7.08. The fourth-order valence-electron chi connectivity index (χ4n) is 1.84. The Morgan fingerprint density at radius 2 is 2.26 bits per heavy atom. The minimum Gasteiger partial charge on any atom is -0.448 e. The van der Waals surface area contributed by atoms with Crippen LogP contribution in [-0.2, 0) is 4.74 Å². The normalized spacial score (nSPS) is 20.8. The van der Waals surface area contributed by atoms with Crippen LogP contribution in [0.25, 0.3) is 0 Å². The molecule has 1 saturated heterocycles. The molecule has 1 aliphatic heterocycles. The van der Waals surface area contributed by atoms with Crippen molar-refractivity contribution < 1.29 is 14.6 Å². The molecule has 0 radical (unpaired) electrons. The highest BCUT2D eigenvalue weighted by Crippen LogP contribution is 2.30. The average Bonchev–Trinajstić information content (AvgIpc) is 2.82. The van der Waals surface area contributed by atoms with Crippen LogP contribution in [-0.4, -0.2) is 41.4 Å². The second kappa shape index (κ2) is 6.58. The maximum absolute atomic E-state index is 11.5. The third kappa shape index (κ3) is 3.27. The highest BCUT2D eigenvalue weighted by Gasteiger charge is 2.31. The molecule has 102 valence electrons. The number of anilines is 1. The number of carbonyl (C=O) groups excluding carboxylic acids is 1. The summed E-state index contributed by atoms with van der Waals surface area (Å²) < 4.78 is 4.83. The highest BCUT2D eigenvalue weighted by atomic mass is 32.2. The van der Waals surface area contributed by atoms with Crippen LogP contribution in [0.5, 0.6) is 0 Å². The van der Waals surface area contributed by atoms with Gasteiger partial charge >= 0.3 is 6.09 Å². The molecule has 1 fully saturated rings. The largest absolute Gasteiger partial charge is 0.448 e. The maximum Gasteiger partial charge on any atom is 0.436 e. The molecule has 1 heterocycles. The Morgan fingerprint density at radius 3 is 2.89 bits per heavy atom. The summed E-state index contributed by atoms with van der Waals surface area (Å²) in [5.74, 6) is 0.698. The van der Waals surface area contributed by atoms with Crippen molar-refractivity contribution in [3.8, 4) is 0 Å². The van der Waals surface area contributed by atoms with Crippen molar-refractivity contribution in [3.63, 3.8) is 0 Å². The van der Waals surface area contributed by atoms with Gasteiger partial charge < -0.3 is 14.7 Å². The fourth-order valence-corrected chi connectivity index (χ4v) is 2.96. The van der Waals surface area contributed by atoms with E-state index in [4.69, 9.17) is 4.74 Å². The summed E-state index contributed by atoms with van der Waals surface area (Å²) in [7, 11) is 0. The van der Waals surface area contributed by atoms with Gasteiger partial charge in [0.15, 0.2) is 5.17 Å². The lowest BCUT2D eigenvalue weighted by molar-refractivity contribution is 0.163. The van der Waals surface area contributed by atoms with E-state index in [9.17, 15) is 9.90 Å². The first kappa shape index (κ1) is 13.9. The fraction of sp³-hybridized carbons (Fsp3) is 0.385. The topological polar surface area (TPSA) is 62.1 Å². The van der Waals surface area contributed by atoms with E-state index >= 15 is 0 Å². The molecular weight excluding hydrogens is 264 g/mol. The zero-order valence-corrected chi connectivity index (χ0v) is 11.5. The number of amides is 1. The number of aliphatic hydroxyl groups is 1. The molecule has 1 unspecified atom stereocenters. The van der Waals surface area contributed by atoms with Crippen LogP contribution in [0.4, 0.5) is 10.5 Å². The van der Waals surface area contributed by atoms with Crippen LogP contribution in [0, 0.1) is 0 Å². The predicted molar refractivity (Wildman–Crippen MR) is 76.7 cm³/mol. The SMILES string of the molecule is CCOC(=O)N=C1SCC(CO)N1c1ccccc1. The van der Waals surface area contributed by atoms with Crippen LogP contribution in [0.1, 0.15) is 6.92 Å². The van der Waals surface area contributed by atoms with E-state index in [0.29, 0.717) is 17.5 Å². The molecule has 1 amide bonds. The highest BCUT2D eigenvalue weighted by molar-refractivity contribution is 8.14. The molecule has 1 aliphatic rings. The Morgan fingerprint density at radius 1 is 1.53 bits per heavy atom. The Labute approximate surface area is 116 Å². The summed E-state index contributed by atoms with van der Waals surface area (Å²) in [5, 5.41) is 10.00. The van der Waals surface area contributed by atoms with Crippen LogP contribution >= 0.6 is 11.8 Å². The minimum absolute atomic E-state index is 0.0176. The second-order valence-corrected chi connectivity index (χ2v) is 4.93. The first-order valence-electron chi connectivity index (χ1n) is 6.09. The van der Waals surface area contributed by atoms with Crippen molar-refractivity contribution in [2.24, 2.45) is 4.99 Å². The van der Waals surface area contributed by atoms with Gasteiger partial charge in [-0.15, -0.1) is 0 Å². The Kier molecular flexibility index (Phi) is 4.81. The smallest absolute Gasteiger partial charge is 0.436 e. The molecule has 19 heavy (non-hydrogen) atoms. The lowest BCUT2D eigenvalue weighted by Gasteiger charge is -2.24. The van der Waals surface area contributed by atoms with Gasteiger partial charge in [-0.1, -0.05) is 30.0 Å². The van der Waals surface area contributed by atoms with Crippen molar-refractivity contribution in [1.82, 2.24) is 0 Å². The average molecular weight is 280 g/mol. The van der Waals surface area contributed by atoms with E-state index in [-0.39, 0.29) is 12.6 Å². The second-order valence-electron chi connectivity index (χ2n) is 3.95. The summed E-state index contributed by atoms with van der Waals surface area (Å²) in [6, 6.07) is 9.53. The zero-order chi connectivity index (χ0) is 13.7. The predicted octanol–water partition coefficient (Wildman–Crippen LogP) is 2.11. The van der Waals surface area contributed by atoms with Gasteiger partial charge in [-0.25, -0.2) is 4.79 Å². The molecular formula is C13H16N2O3S. The number of benzene rings is 1.